The molecule has 26 heavy (non-hydrogen) atoms. The van der Waals surface area contributed by atoms with Gasteiger partial charge < -0.3 is 18.0 Å². The van der Waals surface area contributed by atoms with E-state index in [4.69, 9.17) is 18.0 Å². The van der Waals surface area contributed by atoms with Crippen LogP contribution in [0.4, 0.5) is 0 Å². The predicted molar refractivity (Wildman–Crippen MR) is 108 cm³/mol. The molecule has 0 N–H and O–H groups in total. The van der Waals surface area contributed by atoms with Gasteiger partial charge in [-0.3, -0.25) is 0 Å². The van der Waals surface area contributed by atoms with Gasteiger partial charge in [0.1, 0.15) is 0 Å². The summed E-state index contributed by atoms with van der Waals surface area (Å²) in [6.07, 6.45) is 15.0. The SMILES string of the molecule is CCCOC1([Si](OCC)(OCC)OCC)C=CC=C(C2CCCCC2)C1. The zero-order valence-electron chi connectivity index (χ0n) is 17.2. The Labute approximate surface area is 161 Å². The molecule has 2 aliphatic carbocycles. The van der Waals surface area contributed by atoms with Gasteiger partial charge in [-0.1, -0.05) is 43.9 Å². The van der Waals surface area contributed by atoms with Gasteiger partial charge in [-0.2, -0.15) is 0 Å². The Morgan fingerprint density at radius 1 is 0.962 bits per heavy atom. The molecule has 0 saturated heterocycles. The summed E-state index contributed by atoms with van der Waals surface area (Å²) in [6.45, 7) is 10.6. The van der Waals surface area contributed by atoms with Gasteiger partial charge in [-0.15, -0.1) is 0 Å². The van der Waals surface area contributed by atoms with E-state index in [2.05, 4.69) is 25.2 Å². The molecule has 1 unspecified atom stereocenters. The number of rotatable bonds is 11. The lowest BCUT2D eigenvalue weighted by Crippen LogP contribution is -2.66. The summed E-state index contributed by atoms with van der Waals surface area (Å²) in [7, 11) is -3.04. The molecular formula is C21H38O4Si. The molecule has 0 radical (unpaired) electrons. The van der Waals surface area contributed by atoms with E-state index in [0.717, 1.165) is 12.8 Å². The molecule has 0 spiro atoms. The fourth-order valence-electron chi connectivity index (χ4n) is 4.25. The number of allylic oxidation sites excluding steroid dienone is 2. The Morgan fingerprint density at radius 2 is 1.58 bits per heavy atom. The standard InChI is InChI=1S/C21H38O4Si/c1-5-17-22-21(26(23-6-2,24-7-3)25-8-4)16-12-15-20(18-21)19-13-10-9-11-14-19/h12,15-16,19H,5-11,13-14,17-18H2,1-4H3. The Hall–Kier alpha value is -0.463. The average molecular weight is 383 g/mol. The van der Waals surface area contributed by atoms with Crippen LogP contribution in [0.25, 0.3) is 0 Å². The first kappa shape index (κ1) is 21.8. The molecule has 4 nitrogen and oxygen atoms in total. The highest BCUT2D eigenvalue weighted by Crippen LogP contribution is 2.43. The van der Waals surface area contributed by atoms with Crippen molar-refractivity contribution in [3.63, 3.8) is 0 Å². The highest BCUT2D eigenvalue weighted by molar-refractivity contribution is 6.65. The smallest absolute Gasteiger partial charge is 0.372 e. The van der Waals surface area contributed by atoms with Crippen molar-refractivity contribution in [3.05, 3.63) is 23.8 Å². The minimum absolute atomic E-state index is 0.569. The van der Waals surface area contributed by atoms with Crippen molar-refractivity contribution in [3.8, 4) is 0 Å². The summed E-state index contributed by atoms with van der Waals surface area (Å²) in [6, 6.07) is 0. The van der Waals surface area contributed by atoms with E-state index in [0.29, 0.717) is 32.3 Å². The van der Waals surface area contributed by atoms with E-state index < -0.39 is 14.0 Å². The van der Waals surface area contributed by atoms with Crippen LogP contribution >= 0.6 is 0 Å². The summed E-state index contributed by atoms with van der Waals surface area (Å²) in [5.41, 5.74) is 1.49. The first-order valence-corrected chi connectivity index (χ1v) is 12.3. The zero-order valence-corrected chi connectivity index (χ0v) is 18.2. The summed E-state index contributed by atoms with van der Waals surface area (Å²) in [5, 5.41) is -0.605. The van der Waals surface area contributed by atoms with E-state index in [1.54, 1.807) is 0 Å². The summed E-state index contributed by atoms with van der Waals surface area (Å²) < 4.78 is 25.4. The molecule has 0 bridgehead atoms. The number of hydrogen-bond donors (Lipinski definition) is 0. The molecule has 5 heteroatoms. The fraction of sp³-hybridized carbons (Fsp3) is 0.810. The molecular weight excluding hydrogens is 344 g/mol. The van der Waals surface area contributed by atoms with Crippen LogP contribution in [-0.4, -0.2) is 40.5 Å². The van der Waals surface area contributed by atoms with Gasteiger partial charge in [0.05, 0.1) is 0 Å². The van der Waals surface area contributed by atoms with Gasteiger partial charge in [0.2, 0.25) is 0 Å². The van der Waals surface area contributed by atoms with E-state index >= 15 is 0 Å². The fourth-order valence-corrected chi connectivity index (χ4v) is 7.37. The van der Waals surface area contributed by atoms with E-state index in [-0.39, 0.29) is 0 Å². The van der Waals surface area contributed by atoms with Gasteiger partial charge in [0.25, 0.3) is 0 Å². The maximum absolute atomic E-state index is 6.52. The quantitative estimate of drug-likeness (QED) is 0.460. The van der Waals surface area contributed by atoms with Crippen LogP contribution in [0.5, 0.6) is 0 Å². The zero-order chi connectivity index (χ0) is 18.9. The van der Waals surface area contributed by atoms with Crippen LogP contribution in [0, 0.1) is 5.92 Å². The molecule has 0 aromatic carbocycles. The van der Waals surface area contributed by atoms with Gasteiger partial charge in [0.15, 0.2) is 5.22 Å². The second-order valence-electron chi connectivity index (χ2n) is 7.21. The van der Waals surface area contributed by atoms with Crippen molar-refractivity contribution in [1.82, 2.24) is 0 Å². The topological polar surface area (TPSA) is 36.9 Å². The lowest BCUT2D eigenvalue weighted by molar-refractivity contribution is -0.0485. The number of hydrogen-bond acceptors (Lipinski definition) is 4. The molecule has 1 atom stereocenters. The lowest BCUT2D eigenvalue weighted by Gasteiger charge is -2.45. The monoisotopic (exact) mass is 382 g/mol. The van der Waals surface area contributed by atoms with E-state index in [1.807, 2.05) is 20.8 Å². The van der Waals surface area contributed by atoms with Crippen LogP contribution in [0.2, 0.25) is 0 Å². The molecule has 0 heterocycles. The van der Waals surface area contributed by atoms with Crippen molar-refractivity contribution >= 4 is 8.80 Å². The molecule has 2 aliphatic rings. The maximum Gasteiger partial charge on any atom is 0.539 e. The largest absolute Gasteiger partial charge is 0.539 e. The summed E-state index contributed by atoms with van der Waals surface area (Å²) >= 11 is 0. The molecule has 0 aromatic rings. The molecule has 0 aliphatic heterocycles. The van der Waals surface area contributed by atoms with Crippen molar-refractivity contribution in [2.45, 2.75) is 77.9 Å². The average Bonchev–Trinajstić information content (AvgIpc) is 2.68. The Balaban J connectivity index is 2.35. The Kier molecular flexibility index (Phi) is 9.04. The van der Waals surface area contributed by atoms with Crippen LogP contribution in [-0.2, 0) is 18.0 Å². The Morgan fingerprint density at radius 3 is 2.12 bits per heavy atom. The third kappa shape index (κ3) is 4.87. The minimum Gasteiger partial charge on any atom is -0.372 e. The maximum atomic E-state index is 6.52. The third-order valence-corrected chi connectivity index (χ3v) is 8.89. The van der Waals surface area contributed by atoms with Crippen LogP contribution in [0.1, 0.15) is 72.6 Å². The highest BCUT2D eigenvalue weighted by Gasteiger charge is 2.62. The number of ether oxygens (including phenoxy) is 1. The van der Waals surface area contributed by atoms with Crippen LogP contribution in [0.3, 0.4) is 0 Å². The first-order chi connectivity index (χ1) is 12.7. The summed E-state index contributed by atoms with van der Waals surface area (Å²) in [4.78, 5) is 0. The van der Waals surface area contributed by atoms with Gasteiger partial charge in [0, 0.05) is 32.8 Å². The van der Waals surface area contributed by atoms with Crippen molar-refractivity contribution in [1.29, 1.82) is 0 Å². The van der Waals surface area contributed by atoms with Gasteiger partial charge in [-0.25, -0.2) is 0 Å². The highest BCUT2D eigenvalue weighted by atomic mass is 28.4. The van der Waals surface area contributed by atoms with Crippen molar-refractivity contribution in [2.24, 2.45) is 5.92 Å². The van der Waals surface area contributed by atoms with Crippen molar-refractivity contribution < 1.29 is 18.0 Å². The second kappa shape index (κ2) is 10.8. The van der Waals surface area contributed by atoms with E-state index in [9.17, 15) is 0 Å². The van der Waals surface area contributed by atoms with Crippen LogP contribution in [0.15, 0.2) is 23.8 Å². The second-order valence-corrected chi connectivity index (χ2v) is 10.0. The summed E-state index contributed by atoms with van der Waals surface area (Å²) in [5.74, 6) is 0.662. The molecule has 2 rings (SSSR count). The Bertz CT molecular complexity index is 454. The minimum atomic E-state index is -3.04. The molecule has 150 valence electrons. The molecule has 1 saturated carbocycles. The molecule has 0 amide bonds. The normalized spacial score (nSPS) is 24.7. The predicted octanol–water partition coefficient (Wildman–Crippen LogP) is 5.21. The molecule has 0 aromatic heterocycles. The van der Waals surface area contributed by atoms with Gasteiger partial charge in [-0.05, 0) is 52.0 Å². The van der Waals surface area contributed by atoms with Crippen LogP contribution < -0.4 is 0 Å². The molecule has 1 fully saturated rings. The van der Waals surface area contributed by atoms with Gasteiger partial charge >= 0.3 is 8.80 Å². The van der Waals surface area contributed by atoms with Crippen molar-refractivity contribution in [2.75, 3.05) is 26.4 Å². The van der Waals surface area contributed by atoms with E-state index in [1.165, 1.54) is 37.7 Å². The first-order valence-electron chi connectivity index (χ1n) is 10.6. The lowest BCUT2D eigenvalue weighted by atomic mass is 9.80. The third-order valence-electron chi connectivity index (χ3n) is 5.36.